The third-order valence-corrected chi connectivity index (χ3v) is 2.67. The highest BCUT2D eigenvalue weighted by Crippen LogP contribution is 2.19. The normalized spacial score (nSPS) is 10.7. The highest BCUT2D eigenvalue weighted by atomic mass is 16.5. The van der Waals surface area contributed by atoms with E-state index in [0.29, 0.717) is 17.9 Å². The van der Waals surface area contributed by atoms with Gasteiger partial charge >= 0.3 is 5.63 Å². The summed E-state index contributed by atoms with van der Waals surface area (Å²) in [6.45, 7) is 0.823. The first-order valence-corrected chi connectivity index (χ1v) is 6.07. The summed E-state index contributed by atoms with van der Waals surface area (Å²) in [6, 6.07) is 8.57. The summed E-state index contributed by atoms with van der Waals surface area (Å²) in [5.74, 6) is 0.695. The zero-order valence-electron chi connectivity index (χ0n) is 10.1. The van der Waals surface area contributed by atoms with Gasteiger partial charge in [0.25, 0.3) is 0 Å². The van der Waals surface area contributed by atoms with Gasteiger partial charge in [-0.1, -0.05) is 0 Å². The Balaban J connectivity index is 1.99. The van der Waals surface area contributed by atoms with E-state index in [-0.39, 0.29) is 12.2 Å². The highest BCUT2D eigenvalue weighted by molar-refractivity contribution is 5.77. The van der Waals surface area contributed by atoms with Crippen molar-refractivity contribution in [2.24, 2.45) is 0 Å². The van der Waals surface area contributed by atoms with Crippen LogP contribution < -0.4 is 10.4 Å². The van der Waals surface area contributed by atoms with E-state index in [1.54, 1.807) is 12.1 Å². The van der Waals surface area contributed by atoms with E-state index in [1.807, 2.05) is 12.1 Å². The standard InChI is InChI=1S/C14H16O4/c15-8-2-1-3-9-17-12-6-4-11-5-7-14(16)18-13(11)10-12/h4-7,10,15H,1-3,8-9H2. The van der Waals surface area contributed by atoms with Gasteiger partial charge in [-0.25, -0.2) is 4.79 Å². The van der Waals surface area contributed by atoms with E-state index in [0.717, 1.165) is 24.6 Å². The molecule has 0 saturated heterocycles. The molecule has 96 valence electrons. The van der Waals surface area contributed by atoms with Crippen molar-refractivity contribution in [2.45, 2.75) is 19.3 Å². The van der Waals surface area contributed by atoms with Crippen LogP contribution in [0.3, 0.4) is 0 Å². The molecule has 4 nitrogen and oxygen atoms in total. The van der Waals surface area contributed by atoms with Gasteiger partial charge in [-0.2, -0.15) is 0 Å². The molecule has 0 aliphatic rings. The van der Waals surface area contributed by atoms with Crippen LogP contribution >= 0.6 is 0 Å². The highest BCUT2D eigenvalue weighted by Gasteiger charge is 2.00. The molecule has 0 fully saturated rings. The fraction of sp³-hybridized carbons (Fsp3) is 0.357. The van der Waals surface area contributed by atoms with E-state index in [4.69, 9.17) is 14.3 Å². The van der Waals surface area contributed by atoms with Crippen LogP contribution in [-0.4, -0.2) is 18.3 Å². The minimum Gasteiger partial charge on any atom is -0.493 e. The number of aliphatic hydroxyl groups excluding tert-OH is 1. The Morgan fingerprint density at radius 2 is 1.94 bits per heavy atom. The molecule has 2 aromatic rings. The second kappa shape index (κ2) is 6.21. The number of aliphatic hydroxyl groups is 1. The molecule has 2 rings (SSSR count). The second-order valence-corrected chi connectivity index (χ2v) is 4.09. The number of hydrogen-bond acceptors (Lipinski definition) is 4. The minimum absolute atomic E-state index is 0.223. The maximum absolute atomic E-state index is 11.1. The van der Waals surface area contributed by atoms with E-state index >= 15 is 0 Å². The fourth-order valence-corrected chi connectivity index (χ4v) is 1.71. The summed E-state index contributed by atoms with van der Waals surface area (Å²) in [7, 11) is 0. The summed E-state index contributed by atoms with van der Waals surface area (Å²) in [6.07, 6.45) is 2.65. The van der Waals surface area contributed by atoms with E-state index < -0.39 is 0 Å². The Bertz CT molecular complexity index is 559. The Morgan fingerprint density at radius 1 is 1.11 bits per heavy atom. The molecule has 4 heteroatoms. The average molecular weight is 248 g/mol. The van der Waals surface area contributed by atoms with Crippen LogP contribution in [0, 0.1) is 0 Å². The second-order valence-electron chi connectivity index (χ2n) is 4.09. The zero-order chi connectivity index (χ0) is 12.8. The van der Waals surface area contributed by atoms with Crippen LogP contribution in [0.5, 0.6) is 5.75 Å². The Labute approximate surface area is 105 Å². The largest absolute Gasteiger partial charge is 0.493 e. The van der Waals surface area contributed by atoms with Crippen LogP contribution in [0.25, 0.3) is 11.0 Å². The van der Waals surface area contributed by atoms with Crippen molar-refractivity contribution < 1.29 is 14.3 Å². The first-order valence-electron chi connectivity index (χ1n) is 6.07. The molecule has 1 aromatic heterocycles. The lowest BCUT2D eigenvalue weighted by atomic mass is 10.2. The molecular formula is C14H16O4. The van der Waals surface area contributed by atoms with Crippen LogP contribution in [0.1, 0.15) is 19.3 Å². The molecule has 0 spiro atoms. The van der Waals surface area contributed by atoms with Gasteiger partial charge in [0.15, 0.2) is 0 Å². The topological polar surface area (TPSA) is 59.7 Å². The summed E-state index contributed by atoms with van der Waals surface area (Å²) < 4.78 is 10.6. The summed E-state index contributed by atoms with van der Waals surface area (Å²) in [5, 5.41) is 9.52. The van der Waals surface area contributed by atoms with Gasteiger partial charge in [-0.15, -0.1) is 0 Å². The van der Waals surface area contributed by atoms with Crippen molar-refractivity contribution in [3.63, 3.8) is 0 Å². The molecular weight excluding hydrogens is 232 g/mol. The molecule has 0 aliphatic carbocycles. The Morgan fingerprint density at radius 3 is 2.78 bits per heavy atom. The first kappa shape index (κ1) is 12.6. The third kappa shape index (κ3) is 3.34. The maximum atomic E-state index is 11.1. The van der Waals surface area contributed by atoms with Gasteiger partial charge in [-0.3, -0.25) is 0 Å². The Kier molecular flexibility index (Phi) is 4.36. The molecule has 0 amide bonds. The van der Waals surface area contributed by atoms with Crippen molar-refractivity contribution in [3.05, 3.63) is 40.8 Å². The molecule has 0 atom stereocenters. The number of rotatable bonds is 6. The summed E-state index contributed by atoms with van der Waals surface area (Å²) in [4.78, 5) is 11.1. The SMILES string of the molecule is O=c1ccc2ccc(OCCCCCO)cc2o1. The van der Waals surface area contributed by atoms with Gasteiger partial charge in [0.2, 0.25) is 0 Å². The lowest BCUT2D eigenvalue weighted by molar-refractivity contribution is 0.266. The fourth-order valence-electron chi connectivity index (χ4n) is 1.71. The van der Waals surface area contributed by atoms with Crippen LogP contribution in [0.2, 0.25) is 0 Å². The first-order chi connectivity index (χ1) is 8.79. The van der Waals surface area contributed by atoms with Gasteiger partial charge in [-0.05, 0) is 37.5 Å². The van der Waals surface area contributed by atoms with Gasteiger partial charge in [0, 0.05) is 24.1 Å². The molecule has 0 aliphatic heterocycles. The molecule has 18 heavy (non-hydrogen) atoms. The predicted octanol–water partition coefficient (Wildman–Crippen LogP) is 2.33. The molecule has 0 unspecified atom stereocenters. The smallest absolute Gasteiger partial charge is 0.336 e. The van der Waals surface area contributed by atoms with Gasteiger partial charge in [0.05, 0.1) is 6.61 Å². The molecule has 0 saturated carbocycles. The zero-order valence-corrected chi connectivity index (χ0v) is 10.1. The van der Waals surface area contributed by atoms with E-state index in [1.165, 1.54) is 6.07 Å². The van der Waals surface area contributed by atoms with Gasteiger partial charge in [0.1, 0.15) is 11.3 Å². The van der Waals surface area contributed by atoms with Crippen molar-refractivity contribution in [2.75, 3.05) is 13.2 Å². The number of ether oxygens (including phenoxy) is 1. The van der Waals surface area contributed by atoms with Crippen molar-refractivity contribution >= 4 is 11.0 Å². The monoisotopic (exact) mass is 248 g/mol. The van der Waals surface area contributed by atoms with Crippen molar-refractivity contribution in [3.8, 4) is 5.75 Å². The molecule has 0 radical (unpaired) electrons. The summed E-state index contributed by atoms with van der Waals surface area (Å²) in [5.41, 5.74) is 0.179. The number of hydrogen-bond donors (Lipinski definition) is 1. The van der Waals surface area contributed by atoms with E-state index in [2.05, 4.69) is 0 Å². The molecule has 1 heterocycles. The third-order valence-electron chi connectivity index (χ3n) is 2.67. The van der Waals surface area contributed by atoms with Crippen molar-refractivity contribution in [1.29, 1.82) is 0 Å². The molecule has 1 aromatic carbocycles. The minimum atomic E-state index is -0.359. The van der Waals surface area contributed by atoms with Crippen LogP contribution in [0.15, 0.2) is 39.5 Å². The molecule has 1 N–H and O–H groups in total. The lowest BCUT2D eigenvalue weighted by Crippen LogP contribution is -1.99. The van der Waals surface area contributed by atoms with Crippen LogP contribution in [-0.2, 0) is 0 Å². The quantitative estimate of drug-likeness (QED) is 0.629. The molecule has 0 bridgehead atoms. The maximum Gasteiger partial charge on any atom is 0.336 e. The average Bonchev–Trinajstić information content (AvgIpc) is 2.38. The van der Waals surface area contributed by atoms with Gasteiger partial charge < -0.3 is 14.3 Å². The van der Waals surface area contributed by atoms with Crippen molar-refractivity contribution in [1.82, 2.24) is 0 Å². The number of benzene rings is 1. The number of unbranched alkanes of at least 4 members (excludes halogenated alkanes) is 2. The predicted molar refractivity (Wildman–Crippen MR) is 68.9 cm³/mol. The van der Waals surface area contributed by atoms with E-state index in [9.17, 15) is 4.79 Å². The Hall–Kier alpha value is -1.81. The summed E-state index contributed by atoms with van der Waals surface area (Å²) >= 11 is 0. The lowest BCUT2D eigenvalue weighted by Gasteiger charge is -2.06. The van der Waals surface area contributed by atoms with Crippen LogP contribution in [0.4, 0.5) is 0 Å². The number of fused-ring (bicyclic) bond motifs is 1.